The van der Waals surface area contributed by atoms with Gasteiger partial charge in [0.2, 0.25) is 0 Å². The fourth-order valence-electron chi connectivity index (χ4n) is 10.5. The van der Waals surface area contributed by atoms with Crippen LogP contribution in [0.4, 0.5) is 8.78 Å². The molecule has 0 atom stereocenters. The summed E-state index contributed by atoms with van der Waals surface area (Å²) >= 11 is 0. The Morgan fingerprint density at radius 1 is 0.467 bits per heavy atom. The number of carbonyl (C=O) groups is 2. The van der Waals surface area contributed by atoms with E-state index in [9.17, 15) is 28.6 Å². The van der Waals surface area contributed by atoms with E-state index < -0.39 is 29.0 Å². The molecule has 0 saturated carbocycles. The third-order valence-electron chi connectivity index (χ3n) is 16.0. The first-order chi connectivity index (χ1) is 35.7. The molecule has 0 bridgehead atoms. The number of methoxy groups -OCH3 is 1. The number of ether oxygens (including phenoxy) is 1. The smallest absolute Gasteiger partial charge is 0.309 e. The van der Waals surface area contributed by atoms with E-state index >= 15 is 0 Å². The number of esters is 1. The van der Waals surface area contributed by atoms with Gasteiger partial charge in [0.1, 0.15) is 11.6 Å². The van der Waals surface area contributed by atoms with Crippen LogP contribution in [0.25, 0.3) is 34.4 Å². The second-order valence-corrected chi connectivity index (χ2v) is 20.2. The van der Waals surface area contributed by atoms with E-state index in [1.165, 1.54) is 59.2 Å². The van der Waals surface area contributed by atoms with Crippen LogP contribution >= 0.6 is 0 Å². The maximum Gasteiger partial charge on any atom is 0.309 e. The minimum atomic E-state index is -0.981. The number of hydrogen-bond donors (Lipinski definition) is 3. The van der Waals surface area contributed by atoms with Crippen molar-refractivity contribution in [3.05, 3.63) is 201 Å². The Bertz CT molecular complexity index is 2910. The molecule has 6 aromatic rings. The van der Waals surface area contributed by atoms with Crippen molar-refractivity contribution in [2.24, 2.45) is 0 Å². The van der Waals surface area contributed by atoms with Gasteiger partial charge in [0, 0.05) is 10.8 Å². The molecule has 8 heteroatoms. The molecule has 75 heavy (non-hydrogen) atoms. The molecular weight excluding hydrogens is 939 g/mol. The van der Waals surface area contributed by atoms with Crippen molar-refractivity contribution in [2.45, 2.75) is 155 Å². The van der Waals surface area contributed by atoms with Crippen LogP contribution in [0, 0.1) is 25.5 Å². The number of rotatable bonds is 22. The van der Waals surface area contributed by atoms with Gasteiger partial charge in [-0.15, -0.1) is 0 Å². The SMILES string of the molecule is CCC(O)(/C=C/c1ccc(C(CC)(CC)c2ccc(-c3cc(F)cc(CC(=O)O)c3)cc2)cc1C)CC.CCC(O)(/C=C/c1ccc(C(CC)(CC)c2ccc(-c3cc(F)cc(CC(=O)OC)c3)cc2)cc1C)CC. The molecule has 0 heterocycles. The second-order valence-electron chi connectivity index (χ2n) is 20.2. The van der Waals surface area contributed by atoms with E-state index in [1.807, 2.05) is 82.3 Å². The Labute approximate surface area is 446 Å². The summed E-state index contributed by atoms with van der Waals surface area (Å²) in [6.07, 6.45) is 14.2. The predicted octanol–water partition coefficient (Wildman–Crippen LogP) is 16.3. The van der Waals surface area contributed by atoms with Gasteiger partial charge in [-0.2, -0.15) is 0 Å². The maximum atomic E-state index is 14.3. The lowest BCUT2D eigenvalue weighted by molar-refractivity contribution is -0.140. The van der Waals surface area contributed by atoms with Gasteiger partial charge in [-0.3, -0.25) is 9.59 Å². The van der Waals surface area contributed by atoms with Gasteiger partial charge >= 0.3 is 11.9 Å². The number of carboxylic acids is 1. The summed E-state index contributed by atoms with van der Waals surface area (Å²) in [5.74, 6) is -2.18. The number of carboxylic acid groups (broad SMARTS) is 1. The average molecular weight is 1020 g/mol. The molecular formula is C67H80F2O6. The lowest BCUT2D eigenvalue weighted by atomic mass is 9.70. The van der Waals surface area contributed by atoms with Crippen molar-refractivity contribution in [3.63, 3.8) is 0 Å². The van der Waals surface area contributed by atoms with Gasteiger partial charge in [0.15, 0.2) is 0 Å². The number of halogens is 2. The highest BCUT2D eigenvalue weighted by Crippen LogP contribution is 2.42. The summed E-state index contributed by atoms with van der Waals surface area (Å²) in [5.41, 5.74) is 11.8. The summed E-state index contributed by atoms with van der Waals surface area (Å²) in [6, 6.07) is 38.9. The topological polar surface area (TPSA) is 104 Å². The molecule has 0 unspecified atom stereocenters. The molecule has 0 radical (unpaired) electrons. The molecule has 0 saturated heterocycles. The van der Waals surface area contributed by atoms with Crippen LogP contribution in [-0.4, -0.2) is 45.6 Å². The van der Waals surface area contributed by atoms with E-state index in [-0.39, 0.29) is 29.5 Å². The van der Waals surface area contributed by atoms with Crippen LogP contribution in [0.5, 0.6) is 0 Å². The largest absolute Gasteiger partial charge is 0.481 e. The lowest BCUT2D eigenvalue weighted by Crippen LogP contribution is -2.26. The first kappa shape index (κ1) is 59.4. The molecule has 0 amide bonds. The molecule has 6 aromatic carbocycles. The third kappa shape index (κ3) is 14.5. The zero-order chi connectivity index (χ0) is 55.1. The number of aliphatic hydroxyl groups is 2. The number of aliphatic carboxylic acids is 1. The lowest BCUT2D eigenvalue weighted by Gasteiger charge is -2.34. The van der Waals surface area contributed by atoms with E-state index in [4.69, 9.17) is 9.84 Å². The van der Waals surface area contributed by atoms with Gasteiger partial charge in [0.05, 0.1) is 31.2 Å². The standard InChI is InChI=1S/C34H41FO3.C33H39FO3/c1-7-33(37,8-2)18-17-26-11-16-30(19-24(26)5)34(9-3,10-4)29-14-12-27(13-15-29)28-20-25(21-31(35)23-28)22-32(36)38-6;1-6-32(37,7-2)17-16-25-10-15-29(18-23(25)5)33(8-3,9-4)28-13-11-26(12-14-28)27-19-24(21-31(35)36)20-30(34)22-27/h11-21,23,37H,7-10,22H2,1-6H3;10-20,22,37H,6-9,21H2,1-5H3,(H,35,36)/b18-17+;17-16+. The molecule has 0 aliphatic carbocycles. The Hall–Kier alpha value is -6.48. The molecule has 0 aliphatic rings. The molecule has 3 N–H and O–H groups in total. The van der Waals surface area contributed by atoms with E-state index in [0.717, 1.165) is 59.1 Å². The van der Waals surface area contributed by atoms with Gasteiger partial charge in [-0.25, -0.2) is 8.78 Å². The zero-order valence-corrected chi connectivity index (χ0v) is 46.2. The summed E-state index contributed by atoms with van der Waals surface area (Å²) in [6.45, 7) is 21.1. The van der Waals surface area contributed by atoms with E-state index in [0.29, 0.717) is 42.4 Å². The summed E-state index contributed by atoms with van der Waals surface area (Å²) in [5, 5.41) is 30.4. The van der Waals surface area contributed by atoms with Crippen LogP contribution in [0.2, 0.25) is 0 Å². The fraction of sp³-hybridized carbons (Fsp3) is 0.373. The average Bonchev–Trinajstić information content (AvgIpc) is 3.41. The molecule has 0 aliphatic heterocycles. The number of carbonyl (C=O) groups excluding carboxylic acids is 1. The van der Waals surface area contributed by atoms with Gasteiger partial charge in [-0.05, 0) is 167 Å². The Kier molecular flexibility index (Phi) is 20.9. The minimum Gasteiger partial charge on any atom is -0.481 e. The highest BCUT2D eigenvalue weighted by atomic mass is 19.1. The normalized spacial score (nSPS) is 12.3. The summed E-state index contributed by atoms with van der Waals surface area (Å²) in [7, 11) is 1.33. The number of hydrogen-bond acceptors (Lipinski definition) is 5. The van der Waals surface area contributed by atoms with Crippen LogP contribution in [0.1, 0.15) is 162 Å². The highest BCUT2D eigenvalue weighted by molar-refractivity contribution is 5.74. The molecule has 6 rings (SSSR count). The van der Waals surface area contributed by atoms with E-state index in [2.05, 4.69) is 102 Å². The highest BCUT2D eigenvalue weighted by Gasteiger charge is 2.32. The molecule has 0 fully saturated rings. The first-order valence-corrected chi connectivity index (χ1v) is 26.9. The minimum absolute atomic E-state index is 0.0365. The Balaban J connectivity index is 0.000000277. The van der Waals surface area contributed by atoms with Crippen LogP contribution < -0.4 is 0 Å². The van der Waals surface area contributed by atoms with Crippen LogP contribution in [0.15, 0.2) is 133 Å². The number of aryl methyl sites for hydroxylation is 2. The Morgan fingerprint density at radius 2 is 0.813 bits per heavy atom. The molecule has 0 spiro atoms. The summed E-state index contributed by atoms with van der Waals surface area (Å²) in [4.78, 5) is 22.8. The molecule has 0 aromatic heterocycles. The van der Waals surface area contributed by atoms with Crippen LogP contribution in [0.3, 0.4) is 0 Å². The van der Waals surface area contributed by atoms with Crippen molar-refractivity contribution >= 4 is 24.1 Å². The zero-order valence-electron chi connectivity index (χ0n) is 46.2. The third-order valence-corrected chi connectivity index (χ3v) is 16.0. The maximum absolute atomic E-state index is 14.3. The van der Waals surface area contributed by atoms with E-state index in [1.54, 1.807) is 6.07 Å². The number of benzene rings is 6. The van der Waals surface area contributed by atoms with Crippen molar-refractivity contribution < 1.29 is 38.4 Å². The predicted molar refractivity (Wildman–Crippen MR) is 305 cm³/mol. The van der Waals surface area contributed by atoms with Gasteiger partial charge in [-0.1, -0.05) is 177 Å². The van der Waals surface area contributed by atoms with Gasteiger partial charge < -0.3 is 20.1 Å². The monoisotopic (exact) mass is 1020 g/mol. The van der Waals surface area contributed by atoms with Crippen molar-refractivity contribution in [1.82, 2.24) is 0 Å². The quantitative estimate of drug-likeness (QED) is 0.0585. The van der Waals surface area contributed by atoms with Crippen LogP contribution in [-0.2, 0) is 38.0 Å². The first-order valence-electron chi connectivity index (χ1n) is 26.9. The fourth-order valence-corrected chi connectivity index (χ4v) is 10.5. The second kappa shape index (κ2) is 26.3. The van der Waals surface area contributed by atoms with Gasteiger partial charge in [0.25, 0.3) is 0 Å². The van der Waals surface area contributed by atoms with Crippen molar-refractivity contribution in [2.75, 3.05) is 7.11 Å². The van der Waals surface area contributed by atoms with Crippen molar-refractivity contribution in [1.29, 1.82) is 0 Å². The van der Waals surface area contributed by atoms with Crippen molar-refractivity contribution in [3.8, 4) is 22.3 Å². The molecule has 6 nitrogen and oxygen atoms in total. The molecule has 398 valence electrons. The Morgan fingerprint density at radius 3 is 1.12 bits per heavy atom. The summed E-state index contributed by atoms with van der Waals surface area (Å²) < 4.78 is 33.2.